The molecule has 6 nitrogen and oxygen atoms in total. The Balaban J connectivity index is 1.41. The Bertz CT molecular complexity index is 1220. The number of ether oxygens (including phenoxy) is 1. The van der Waals surface area contributed by atoms with Gasteiger partial charge in [0.2, 0.25) is 0 Å². The average Bonchev–Trinajstić information content (AvgIpc) is 3.23. The summed E-state index contributed by atoms with van der Waals surface area (Å²) in [6.07, 6.45) is 5.22. The van der Waals surface area contributed by atoms with Crippen LogP contribution in [0, 0.1) is 0 Å². The van der Waals surface area contributed by atoms with Gasteiger partial charge in [-0.1, -0.05) is 38.1 Å². The summed E-state index contributed by atoms with van der Waals surface area (Å²) in [5, 5.41) is 0. The molecule has 2 aromatic heterocycles. The number of hydrogen-bond donors (Lipinski definition) is 0. The standard InChI is InChI=1S/C28H32N4O2/c1-4-21(2)22-12-14-24(15-13-22)34-18-8-17-32-26-11-6-5-10-25(26)30-27(32)20-31(3)28(33)23-9-7-16-29-19-23/h5-7,9-16,19,21H,4,8,17-18,20H2,1-3H3. The minimum atomic E-state index is -0.0733. The van der Waals surface area contributed by atoms with Gasteiger partial charge in [-0.2, -0.15) is 0 Å². The molecule has 0 saturated heterocycles. The van der Waals surface area contributed by atoms with E-state index in [1.54, 1.807) is 36.5 Å². The van der Waals surface area contributed by atoms with E-state index in [0.717, 1.165) is 42.0 Å². The molecule has 2 aromatic carbocycles. The van der Waals surface area contributed by atoms with Gasteiger partial charge in [0.1, 0.15) is 11.6 Å². The maximum absolute atomic E-state index is 12.8. The number of para-hydroxylation sites is 2. The number of benzene rings is 2. The Morgan fingerprint density at radius 3 is 2.62 bits per heavy atom. The van der Waals surface area contributed by atoms with E-state index >= 15 is 0 Å². The molecular weight excluding hydrogens is 424 g/mol. The van der Waals surface area contributed by atoms with E-state index in [-0.39, 0.29) is 5.91 Å². The summed E-state index contributed by atoms with van der Waals surface area (Å²) in [7, 11) is 1.80. The van der Waals surface area contributed by atoms with Crippen LogP contribution in [0.2, 0.25) is 0 Å². The minimum Gasteiger partial charge on any atom is -0.494 e. The van der Waals surface area contributed by atoms with Crippen LogP contribution >= 0.6 is 0 Å². The third kappa shape index (κ3) is 5.45. The zero-order valence-corrected chi connectivity index (χ0v) is 20.1. The Kier molecular flexibility index (Phi) is 7.58. The zero-order chi connectivity index (χ0) is 23.9. The molecule has 34 heavy (non-hydrogen) atoms. The van der Waals surface area contributed by atoms with Gasteiger partial charge in [-0.05, 0) is 60.7 Å². The number of pyridine rings is 1. The summed E-state index contributed by atoms with van der Waals surface area (Å²) in [5.74, 6) is 2.24. The predicted octanol–water partition coefficient (Wildman–Crippen LogP) is 5.69. The average molecular weight is 457 g/mol. The first-order valence-electron chi connectivity index (χ1n) is 11.9. The number of aromatic nitrogens is 3. The Morgan fingerprint density at radius 1 is 1.09 bits per heavy atom. The third-order valence-electron chi connectivity index (χ3n) is 6.22. The number of fused-ring (bicyclic) bond motifs is 1. The molecule has 0 aliphatic carbocycles. The molecular formula is C28H32N4O2. The summed E-state index contributed by atoms with van der Waals surface area (Å²) in [6.45, 7) is 6.23. The molecule has 0 N–H and O–H groups in total. The summed E-state index contributed by atoms with van der Waals surface area (Å²) in [6, 6.07) is 20.0. The topological polar surface area (TPSA) is 60.2 Å². The number of hydrogen-bond acceptors (Lipinski definition) is 4. The fourth-order valence-corrected chi connectivity index (χ4v) is 4.03. The third-order valence-corrected chi connectivity index (χ3v) is 6.22. The molecule has 0 radical (unpaired) electrons. The quantitative estimate of drug-likeness (QED) is 0.288. The van der Waals surface area contributed by atoms with Crippen LogP contribution in [0.3, 0.4) is 0 Å². The van der Waals surface area contributed by atoms with E-state index in [2.05, 4.69) is 53.7 Å². The van der Waals surface area contributed by atoms with Crippen LogP contribution in [-0.4, -0.2) is 39.0 Å². The second-order valence-electron chi connectivity index (χ2n) is 8.65. The van der Waals surface area contributed by atoms with Crippen molar-refractivity contribution < 1.29 is 9.53 Å². The van der Waals surface area contributed by atoms with E-state index in [9.17, 15) is 4.79 Å². The lowest BCUT2D eigenvalue weighted by molar-refractivity contribution is 0.0779. The highest BCUT2D eigenvalue weighted by Crippen LogP contribution is 2.22. The molecule has 1 unspecified atom stereocenters. The van der Waals surface area contributed by atoms with Crippen LogP contribution in [0.25, 0.3) is 11.0 Å². The normalized spacial score (nSPS) is 12.0. The molecule has 1 atom stereocenters. The number of amides is 1. The maximum atomic E-state index is 12.8. The number of imidazole rings is 1. The lowest BCUT2D eigenvalue weighted by Gasteiger charge is -2.18. The van der Waals surface area contributed by atoms with Crippen molar-refractivity contribution in [3.05, 3.63) is 90.0 Å². The Morgan fingerprint density at radius 2 is 1.88 bits per heavy atom. The first kappa shape index (κ1) is 23.5. The van der Waals surface area contributed by atoms with E-state index in [1.807, 2.05) is 18.2 Å². The second kappa shape index (κ2) is 11.0. The van der Waals surface area contributed by atoms with E-state index in [4.69, 9.17) is 9.72 Å². The molecule has 6 heteroatoms. The van der Waals surface area contributed by atoms with Crippen molar-refractivity contribution in [2.75, 3.05) is 13.7 Å². The van der Waals surface area contributed by atoms with Gasteiger partial charge in [0, 0.05) is 26.0 Å². The largest absolute Gasteiger partial charge is 0.494 e. The van der Waals surface area contributed by atoms with Gasteiger partial charge in [0.25, 0.3) is 5.91 Å². The van der Waals surface area contributed by atoms with Crippen LogP contribution in [0.5, 0.6) is 5.75 Å². The lowest BCUT2D eigenvalue weighted by atomic mass is 9.99. The van der Waals surface area contributed by atoms with Gasteiger partial charge < -0.3 is 14.2 Å². The first-order chi connectivity index (χ1) is 16.6. The zero-order valence-electron chi connectivity index (χ0n) is 20.1. The van der Waals surface area contributed by atoms with Crippen molar-refractivity contribution in [1.29, 1.82) is 0 Å². The van der Waals surface area contributed by atoms with Crippen molar-refractivity contribution in [2.24, 2.45) is 0 Å². The van der Waals surface area contributed by atoms with Crippen LogP contribution in [0.1, 0.15) is 54.4 Å². The molecule has 4 rings (SSSR count). The summed E-state index contributed by atoms with van der Waals surface area (Å²) in [4.78, 5) is 23.4. The van der Waals surface area contributed by atoms with Gasteiger partial charge >= 0.3 is 0 Å². The van der Waals surface area contributed by atoms with Gasteiger partial charge in [0.15, 0.2) is 0 Å². The molecule has 0 bridgehead atoms. The van der Waals surface area contributed by atoms with Gasteiger partial charge in [-0.15, -0.1) is 0 Å². The highest BCUT2D eigenvalue weighted by atomic mass is 16.5. The van der Waals surface area contributed by atoms with E-state index in [0.29, 0.717) is 24.6 Å². The van der Waals surface area contributed by atoms with Gasteiger partial charge in [-0.3, -0.25) is 9.78 Å². The monoisotopic (exact) mass is 456 g/mol. The van der Waals surface area contributed by atoms with Crippen molar-refractivity contribution in [1.82, 2.24) is 19.4 Å². The molecule has 0 spiro atoms. The van der Waals surface area contributed by atoms with Crippen LogP contribution in [-0.2, 0) is 13.1 Å². The van der Waals surface area contributed by atoms with Crippen molar-refractivity contribution in [3.8, 4) is 5.75 Å². The van der Waals surface area contributed by atoms with E-state index in [1.165, 1.54) is 5.56 Å². The number of rotatable bonds is 10. The van der Waals surface area contributed by atoms with Crippen molar-refractivity contribution >= 4 is 16.9 Å². The highest BCUT2D eigenvalue weighted by Gasteiger charge is 2.17. The predicted molar refractivity (Wildman–Crippen MR) is 135 cm³/mol. The van der Waals surface area contributed by atoms with Gasteiger partial charge in [0.05, 0.1) is 29.7 Å². The molecule has 0 aliphatic rings. The Labute approximate surface area is 201 Å². The van der Waals surface area contributed by atoms with Gasteiger partial charge in [-0.25, -0.2) is 4.98 Å². The van der Waals surface area contributed by atoms with Crippen molar-refractivity contribution in [3.63, 3.8) is 0 Å². The molecule has 0 aliphatic heterocycles. The minimum absolute atomic E-state index is 0.0733. The van der Waals surface area contributed by atoms with Crippen LogP contribution in [0.4, 0.5) is 0 Å². The van der Waals surface area contributed by atoms with Crippen molar-refractivity contribution in [2.45, 2.75) is 45.7 Å². The summed E-state index contributed by atoms with van der Waals surface area (Å²) in [5.41, 5.74) is 3.91. The molecule has 4 aromatic rings. The smallest absolute Gasteiger partial charge is 0.255 e. The molecule has 0 fully saturated rings. The molecule has 2 heterocycles. The van der Waals surface area contributed by atoms with E-state index < -0.39 is 0 Å². The second-order valence-corrected chi connectivity index (χ2v) is 8.65. The number of nitrogens with zero attached hydrogens (tertiary/aromatic N) is 4. The summed E-state index contributed by atoms with van der Waals surface area (Å²) < 4.78 is 8.19. The summed E-state index contributed by atoms with van der Waals surface area (Å²) >= 11 is 0. The number of aryl methyl sites for hydroxylation is 1. The molecule has 1 amide bonds. The van der Waals surface area contributed by atoms with Crippen LogP contribution in [0.15, 0.2) is 73.1 Å². The first-order valence-corrected chi connectivity index (χ1v) is 11.9. The number of carbonyl (C=O) groups excluding carboxylic acids is 1. The SMILES string of the molecule is CCC(C)c1ccc(OCCCn2c(CN(C)C(=O)c3cccnc3)nc3ccccc32)cc1. The number of carbonyl (C=O) groups is 1. The maximum Gasteiger partial charge on any atom is 0.255 e. The highest BCUT2D eigenvalue weighted by molar-refractivity contribution is 5.93. The molecule has 176 valence electrons. The Hall–Kier alpha value is -3.67. The van der Waals surface area contributed by atoms with Crippen LogP contribution < -0.4 is 4.74 Å². The lowest BCUT2D eigenvalue weighted by Crippen LogP contribution is -2.28. The fraction of sp³-hybridized carbons (Fsp3) is 0.321. The molecule has 0 saturated carbocycles. The fourth-order valence-electron chi connectivity index (χ4n) is 4.03.